The Bertz CT molecular complexity index is 734. The van der Waals surface area contributed by atoms with Gasteiger partial charge in [-0.05, 0) is 12.1 Å². The maximum atomic E-state index is 12.3. The molecule has 2 rings (SSSR count). The standard InChI is InChI=1S/C15H16F3N3O4/c1-23-11-4-9(5-12(24-2)13(11)25-3)14(22)20-10-6-19-21(7-10)8-15(16,17)18/h4-7H,8H2,1-3H3,(H,20,22). The summed E-state index contributed by atoms with van der Waals surface area (Å²) in [5.41, 5.74) is 0.307. The molecule has 0 unspecified atom stereocenters. The van der Waals surface area contributed by atoms with Crippen LogP contribution in [0.5, 0.6) is 17.2 Å². The van der Waals surface area contributed by atoms with Crippen LogP contribution in [0.4, 0.5) is 18.9 Å². The van der Waals surface area contributed by atoms with E-state index in [0.29, 0.717) is 10.4 Å². The number of halogens is 3. The number of alkyl halides is 3. The van der Waals surface area contributed by atoms with Crippen LogP contribution in [0, 0.1) is 0 Å². The summed E-state index contributed by atoms with van der Waals surface area (Å²) in [6.07, 6.45) is -2.19. The van der Waals surface area contributed by atoms with Crippen LogP contribution in [0.3, 0.4) is 0 Å². The van der Waals surface area contributed by atoms with Crippen LogP contribution in [0.1, 0.15) is 10.4 Å². The van der Waals surface area contributed by atoms with E-state index in [9.17, 15) is 18.0 Å². The average Bonchev–Trinajstić information content (AvgIpc) is 2.97. The Kier molecular flexibility index (Phi) is 5.40. The van der Waals surface area contributed by atoms with Gasteiger partial charge in [0.25, 0.3) is 5.91 Å². The van der Waals surface area contributed by atoms with Gasteiger partial charge in [0.15, 0.2) is 11.5 Å². The highest BCUT2D eigenvalue weighted by atomic mass is 19.4. The fourth-order valence-corrected chi connectivity index (χ4v) is 2.11. The van der Waals surface area contributed by atoms with Crippen molar-refractivity contribution in [3.05, 3.63) is 30.1 Å². The van der Waals surface area contributed by atoms with Gasteiger partial charge < -0.3 is 19.5 Å². The van der Waals surface area contributed by atoms with Gasteiger partial charge in [-0.15, -0.1) is 0 Å². The van der Waals surface area contributed by atoms with Crippen molar-refractivity contribution in [2.45, 2.75) is 12.7 Å². The van der Waals surface area contributed by atoms with Gasteiger partial charge in [0.05, 0.1) is 33.2 Å². The number of rotatable bonds is 6. The molecule has 1 heterocycles. The lowest BCUT2D eigenvalue weighted by atomic mass is 10.1. The summed E-state index contributed by atoms with van der Waals surface area (Å²) in [5, 5.41) is 6.02. The van der Waals surface area contributed by atoms with Gasteiger partial charge in [-0.2, -0.15) is 18.3 Å². The molecule has 0 atom stereocenters. The second kappa shape index (κ2) is 7.32. The van der Waals surface area contributed by atoms with E-state index in [4.69, 9.17) is 14.2 Å². The van der Waals surface area contributed by atoms with Crippen LogP contribution >= 0.6 is 0 Å². The van der Waals surface area contributed by atoms with Crippen LogP contribution in [-0.2, 0) is 6.54 Å². The Morgan fingerprint density at radius 1 is 1.16 bits per heavy atom. The monoisotopic (exact) mass is 359 g/mol. The third-order valence-corrected chi connectivity index (χ3v) is 3.16. The zero-order chi connectivity index (χ0) is 18.6. The fraction of sp³-hybridized carbons (Fsp3) is 0.333. The van der Waals surface area contributed by atoms with E-state index in [2.05, 4.69) is 10.4 Å². The smallest absolute Gasteiger partial charge is 0.408 e. The molecule has 136 valence electrons. The molecule has 1 aromatic carbocycles. The molecule has 0 fully saturated rings. The molecule has 2 aromatic rings. The largest absolute Gasteiger partial charge is 0.493 e. The first-order chi connectivity index (χ1) is 11.8. The molecule has 0 aliphatic rings. The number of hydrogen-bond acceptors (Lipinski definition) is 5. The molecular formula is C15H16F3N3O4. The molecule has 0 saturated heterocycles. The molecule has 0 aliphatic carbocycles. The van der Waals surface area contributed by atoms with E-state index in [1.807, 2.05) is 0 Å². The molecular weight excluding hydrogens is 343 g/mol. The van der Waals surface area contributed by atoms with E-state index in [-0.39, 0.29) is 22.7 Å². The first kappa shape index (κ1) is 18.4. The number of nitrogens with zero attached hydrogens (tertiary/aromatic N) is 2. The molecule has 0 saturated carbocycles. The highest BCUT2D eigenvalue weighted by Gasteiger charge is 2.28. The molecule has 1 N–H and O–H groups in total. The van der Waals surface area contributed by atoms with Crippen molar-refractivity contribution in [1.29, 1.82) is 0 Å². The normalized spacial score (nSPS) is 11.1. The zero-order valence-electron chi connectivity index (χ0n) is 13.7. The van der Waals surface area contributed by atoms with E-state index in [1.54, 1.807) is 0 Å². The first-order valence-corrected chi connectivity index (χ1v) is 6.98. The average molecular weight is 359 g/mol. The predicted octanol–water partition coefficient (Wildman–Crippen LogP) is 2.72. The minimum absolute atomic E-state index is 0.128. The molecule has 0 radical (unpaired) electrons. The van der Waals surface area contributed by atoms with E-state index in [0.717, 1.165) is 12.4 Å². The maximum Gasteiger partial charge on any atom is 0.408 e. The Morgan fingerprint density at radius 3 is 2.24 bits per heavy atom. The number of ether oxygens (including phenoxy) is 3. The lowest BCUT2D eigenvalue weighted by molar-refractivity contribution is -0.142. The second-order valence-electron chi connectivity index (χ2n) is 4.91. The number of carbonyl (C=O) groups excluding carboxylic acids is 1. The summed E-state index contributed by atoms with van der Waals surface area (Å²) in [6, 6.07) is 2.85. The number of anilines is 1. The summed E-state index contributed by atoms with van der Waals surface area (Å²) in [6.45, 7) is -1.24. The van der Waals surface area contributed by atoms with Crippen LogP contribution in [0.15, 0.2) is 24.5 Å². The molecule has 1 amide bonds. The fourth-order valence-electron chi connectivity index (χ4n) is 2.11. The third kappa shape index (κ3) is 4.55. The summed E-state index contributed by atoms with van der Waals surface area (Å²) < 4.78 is 53.1. The number of amides is 1. The van der Waals surface area contributed by atoms with Crippen molar-refractivity contribution in [3.63, 3.8) is 0 Å². The quantitative estimate of drug-likeness (QED) is 0.858. The number of carbonyl (C=O) groups is 1. The van der Waals surface area contributed by atoms with Gasteiger partial charge in [0.1, 0.15) is 6.54 Å². The molecule has 0 spiro atoms. The number of hydrogen-bond donors (Lipinski definition) is 1. The molecule has 25 heavy (non-hydrogen) atoms. The molecule has 0 aliphatic heterocycles. The van der Waals surface area contributed by atoms with Gasteiger partial charge in [0.2, 0.25) is 5.75 Å². The minimum Gasteiger partial charge on any atom is -0.493 e. The van der Waals surface area contributed by atoms with Crippen LogP contribution < -0.4 is 19.5 Å². The van der Waals surface area contributed by atoms with E-state index < -0.39 is 18.6 Å². The van der Waals surface area contributed by atoms with E-state index in [1.165, 1.54) is 33.5 Å². The van der Waals surface area contributed by atoms with Gasteiger partial charge in [-0.3, -0.25) is 9.48 Å². The Labute approximate surface area is 141 Å². The molecule has 0 bridgehead atoms. The highest BCUT2D eigenvalue weighted by Crippen LogP contribution is 2.38. The Hall–Kier alpha value is -2.91. The number of nitrogens with one attached hydrogen (secondary N) is 1. The molecule has 7 nitrogen and oxygen atoms in total. The van der Waals surface area contributed by atoms with Gasteiger partial charge in [-0.1, -0.05) is 0 Å². The number of methoxy groups -OCH3 is 3. The van der Waals surface area contributed by atoms with Crippen LogP contribution in [0.25, 0.3) is 0 Å². The molecule has 10 heteroatoms. The summed E-state index contributed by atoms with van der Waals surface area (Å²) in [4.78, 5) is 12.3. The lowest BCUT2D eigenvalue weighted by Gasteiger charge is -2.13. The van der Waals surface area contributed by atoms with Crippen molar-refractivity contribution in [1.82, 2.24) is 9.78 Å². The SMILES string of the molecule is COc1cc(C(=O)Nc2cnn(CC(F)(F)F)c2)cc(OC)c1OC. The van der Waals surface area contributed by atoms with E-state index >= 15 is 0 Å². The van der Waals surface area contributed by atoms with Crippen molar-refractivity contribution in [2.24, 2.45) is 0 Å². The number of aromatic nitrogens is 2. The summed E-state index contributed by atoms with van der Waals surface area (Å²) >= 11 is 0. The summed E-state index contributed by atoms with van der Waals surface area (Å²) in [5.74, 6) is 0.310. The molecule has 1 aromatic heterocycles. The third-order valence-electron chi connectivity index (χ3n) is 3.16. The minimum atomic E-state index is -4.40. The predicted molar refractivity (Wildman–Crippen MR) is 82.3 cm³/mol. The first-order valence-electron chi connectivity index (χ1n) is 6.98. The summed E-state index contributed by atoms with van der Waals surface area (Å²) in [7, 11) is 4.23. The Balaban J connectivity index is 2.21. The van der Waals surface area contributed by atoms with Gasteiger partial charge in [-0.25, -0.2) is 0 Å². The van der Waals surface area contributed by atoms with Crippen LogP contribution in [-0.4, -0.2) is 43.2 Å². The topological polar surface area (TPSA) is 74.6 Å². The lowest BCUT2D eigenvalue weighted by Crippen LogP contribution is -2.18. The maximum absolute atomic E-state index is 12.3. The van der Waals surface area contributed by atoms with Gasteiger partial charge >= 0.3 is 6.18 Å². The second-order valence-corrected chi connectivity index (χ2v) is 4.91. The van der Waals surface area contributed by atoms with Crippen LogP contribution in [0.2, 0.25) is 0 Å². The number of benzene rings is 1. The highest BCUT2D eigenvalue weighted by molar-refractivity contribution is 6.05. The van der Waals surface area contributed by atoms with Crippen molar-refractivity contribution < 1.29 is 32.2 Å². The van der Waals surface area contributed by atoms with Crippen molar-refractivity contribution >= 4 is 11.6 Å². The zero-order valence-corrected chi connectivity index (χ0v) is 13.7. The van der Waals surface area contributed by atoms with Gasteiger partial charge in [0, 0.05) is 11.8 Å². The van der Waals surface area contributed by atoms with Crippen molar-refractivity contribution in [2.75, 3.05) is 26.6 Å². The van der Waals surface area contributed by atoms with Crippen molar-refractivity contribution in [3.8, 4) is 17.2 Å². The Morgan fingerprint density at radius 2 is 1.76 bits per heavy atom.